The van der Waals surface area contributed by atoms with Crippen molar-refractivity contribution in [2.24, 2.45) is 0 Å². The molecule has 0 aliphatic rings. The maximum Gasteiger partial charge on any atom is 0.228 e. The standard InChI is InChI=1S/C12H8BrN3O/c13-8-3-1-7(2-4-8)12-16-11-10(17-12)5-9(14)6-15-11/h1-6H,14H2. The fourth-order valence-electron chi connectivity index (χ4n) is 1.55. The Kier molecular flexibility index (Phi) is 2.33. The number of aromatic nitrogens is 2. The van der Waals surface area contributed by atoms with Crippen LogP contribution in [-0.2, 0) is 0 Å². The van der Waals surface area contributed by atoms with Crippen LogP contribution in [0.3, 0.4) is 0 Å². The lowest BCUT2D eigenvalue weighted by atomic mass is 10.2. The summed E-state index contributed by atoms with van der Waals surface area (Å²) in [5.74, 6) is 0.547. The maximum absolute atomic E-state index is 5.64. The first-order valence-corrected chi connectivity index (χ1v) is 5.80. The van der Waals surface area contributed by atoms with Gasteiger partial charge in [-0.3, -0.25) is 0 Å². The molecule has 0 bridgehead atoms. The summed E-state index contributed by atoms with van der Waals surface area (Å²) < 4.78 is 6.62. The van der Waals surface area contributed by atoms with E-state index in [1.165, 1.54) is 0 Å². The Balaban J connectivity index is 2.14. The highest BCUT2D eigenvalue weighted by Crippen LogP contribution is 2.25. The molecule has 0 saturated carbocycles. The first-order chi connectivity index (χ1) is 8.22. The molecule has 2 aromatic heterocycles. The second-order valence-corrected chi connectivity index (χ2v) is 4.53. The Morgan fingerprint density at radius 3 is 2.71 bits per heavy atom. The molecule has 4 nitrogen and oxygen atoms in total. The van der Waals surface area contributed by atoms with Crippen LogP contribution >= 0.6 is 15.9 Å². The van der Waals surface area contributed by atoms with Crippen molar-refractivity contribution in [1.29, 1.82) is 0 Å². The fraction of sp³-hybridized carbons (Fsp3) is 0. The Bertz CT molecular complexity index is 676. The van der Waals surface area contributed by atoms with Crippen molar-refractivity contribution in [2.75, 3.05) is 5.73 Å². The van der Waals surface area contributed by atoms with Crippen LogP contribution in [0.25, 0.3) is 22.7 Å². The molecule has 17 heavy (non-hydrogen) atoms. The molecule has 0 fully saturated rings. The maximum atomic E-state index is 5.64. The van der Waals surface area contributed by atoms with Crippen molar-refractivity contribution < 1.29 is 4.42 Å². The number of nitrogens with two attached hydrogens (primary N) is 1. The molecular weight excluding hydrogens is 282 g/mol. The van der Waals surface area contributed by atoms with Crippen molar-refractivity contribution in [3.8, 4) is 11.5 Å². The quantitative estimate of drug-likeness (QED) is 0.747. The molecule has 2 heterocycles. The number of nitrogens with zero attached hydrogens (tertiary/aromatic N) is 2. The van der Waals surface area contributed by atoms with Gasteiger partial charge in [-0.15, -0.1) is 0 Å². The van der Waals surface area contributed by atoms with E-state index in [1.807, 2.05) is 24.3 Å². The van der Waals surface area contributed by atoms with Gasteiger partial charge in [0.1, 0.15) is 0 Å². The molecule has 84 valence electrons. The number of benzene rings is 1. The third-order valence-electron chi connectivity index (χ3n) is 2.36. The van der Waals surface area contributed by atoms with Gasteiger partial charge in [-0.2, -0.15) is 4.98 Å². The van der Waals surface area contributed by atoms with Crippen molar-refractivity contribution >= 4 is 32.8 Å². The molecule has 3 rings (SSSR count). The third kappa shape index (κ3) is 1.89. The second-order valence-electron chi connectivity index (χ2n) is 3.62. The minimum absolute atomic E-state index is 0.547. The van der Waals surface area contributed by atoms with Crippen LogP contribution < -0.4 is 5.73 Å². The first kappa shape index (κ1) is 10.3. The SMILES string of the molecule is Nc1cnc2nc(-c3ccc(Br)cc3)oc2c1. The molecule has 2 N–H and O–H groups in total. The van der Waals surface area contributed by atoms with Gasteiger partial charge in [-0.25, -0.2) is 4.98 Å². The Morgan fingerprint density at radius 1 is 1.18 bits per heavy atom. The van der Waals surface area contributed by atoms with E-state index in [-0.39, 0.29) is 0 Å². The van der Waals surface area contributed by atoms with Gasteiger partial charge in [0, 0.05) is 16.1 Å². The van der Waals surface area contributed by atoms with E-state index < -0.39 is 0 Å². The second kappa shape index (κ2) is 3.85. The number of nitrogen functional groups attached to an aromatic ring is 1. The molecule has 3 aromatic rings. The van der Waals surface area contributed by atoms with Gasteiger partial charge in [0.2, 0.25) is 5.89 Å². The minimum atomic E-state index is 0.547. The molecule has 0 unspecified atom stereocenters. The molecule has 0 atom stereocenters. The summed E-state index contributed by atoms with van der Waals surface area (Å²) in [4.78, 5) is 8.41. The van der Waals surface area contributed by atoms with Crippen LogP contribution in [0, 0.1) is 0 Å². The van der Waals surface area contributed by atoms with Gasteiger partial charge in [-0.1, -0.05) is 15.9 Å². The van der Waals surface area contributed by atoms with Gasteiger partial charge in [0.25, 0.3) is 0 Å². The summed E-state index contributed by atoms with van der Waals surface area (Å²) in [6, 6.07) is 9.45. The Morgan fingerprint density at radius 2 is 1.94 bits per heavy atom. The molecule has 0 aliphatic heterocycles. The van der Waals surface area contributed by atoms with E-state index in [1.54, 1.807) is 12.3 Å². The van der Waals surface area contributed by atoms with E-state index >= 15 is 0 Å². The van der Waals surface area contributed by atoms with Gasteiger partial charge in [-0.05, 0) is 24.3 Å². The van der Waals surface area contributed by atoms with Crippen molar-refractivity contribution in [3.63, 3.8) is 0 Å². The highest BCUT2D eigenvalue weighted by Gasteiger charge is 2.08. The predicted molar refractivity (Wildman–Crippen MR) is 69.4 cm³/mol. The molecule has 0 saturated heterocycles. The zero-order chi connectivity index (χ0) is 11.8. The molecule has 5 heteroatoms. The fourth-order valence-corrected chi connectivity index (χ4v) is 1.81. The zero-order valence-corrected chi connectivity index (χ0v) is 10.3. The van der Waals surface area contributed by atoms with Gasteiger partial charge < -0.3 is 10.2 Å². The number of rotatable bonds is 1. The van der Waals surface area contributed by atoms with Crippen LogP contribution in [-0.4, -0.2) is 9.97 Å². The van der Waals surface area contributed by atoms with E-state index in [0.717, 1.165) is 10.0 Å². The summed E-state index contributed by atoms with van der Waals surface area (Å²) in [7, 11) is 0. The smallest absolute Gasteiger partial charge is 0.228 e. The monoisotopic (exact) mass is 289 g/mol. The van der Waals surface area contributed by atoms with Gasteiger partial charge in [0.15, 0.2) is 11.2 Å². The number of hydrogen-bond acceptors (Lipinski definition) is 4. The summed E-state index contributed by atoms with van der Waals surface area (Å²) in [6.07, 6.45) is 1.57. The van der Waals surface area contributed by atoms with Crippen LogP contribution in [0.4, 0.5) is 5.69 Å². The number of oxazole rings is 1. The lowest BCUT2D eigenvalue weighted by Gasteiger charge is -1.94. The first-order valence-electron chi connectivity index (χ1n) is 5.00. The highest BCUT2D eigenvalue weighted by atomic mass is 79.9. The molecule has 0 aliphatic carbocycles. The molecule has 0 spiro atoms. The summed E-state index contributed by atoms with van der Waals surface area (Å²) >= 11 is 3.38. The number of hydrogen-bond donors (Lipinski definition) is 1. The number of halogens is 1. The van der Waals surface area contributed by atoms with Crippen molar-refractivity contribution in [3.05, 3.63) is 41.0 Å². The van der Waals surface area contributed by atoms with Gasteiger partial charge in [0.05, 0.1) is 11.9 Å². The average Bonchev–Trinajstić information content (AvgIpc) is 2.72. The molecular formula is C12H8BrN3O. The third-order valence-corrected chi connectivity index (χ3v) is 2.89. The predicted octanol–water partition coefficient (Wildman–Crippen LogP) is 3.23. The summed E-state index contributed by atoms with van der Waals surface area (Å²) in [5, 5.41) is 0. The highest BCUT2D eigenvalue weighted by molar-refractivity contribution is 9.10. The van der Waals surface area contributed by atoms with E-state index in [2.05, 4.69) is 25.9 Å². The number of fused-ring (bicyclic) bond motifs is 1. The molecule has 1 aromatic carbocycles. The van der Waals surface area contributed by atoms with Crippen molar-refractivity contribution in [2.45, 2.75) is 0 Å². The normalized spacial score (nSPS) is 10.9. The van der Waals surface area contributed by atoms with Crippen molar-refractivity contribution in [1.82, 2.24) is 9.97 Å². The summed E-state index contributed by atoms with van der Waals surface area (Å²) in [5.41, 5.74) is 8.27. The van der Waals surface area contributed by atoms with Crippen LogP contribution in [0.2, 0.25) is 0 Å². The number of anilines is 1. The van der Waals surface area contributed by atoms with E-state index in [9.17, 15) is 0 Å². The zero-order valence-electron chi connectivity index (χ0n) is 8.72. The average molecular weight is 290 g/mol. The Labute approximate surface area is 106 Å². The summed E-state index contributed by atoms with van der Waals surface area (Å²) in [6.45, 7) is 0. The lowest BCUT2D eigenvalue weighted by molar-refractivity contribution is 0.620. The largest absolute Gasteiger partial charge is 0.434 e. The van der Waals surface area contributed by atoms with Crippen LogP contribution in [0.15, 0.2) is 45.4 Å². The number of pyridine rings is 1. The van der Waals surface area contributed by atoms with Crippen LogP contribution in [0.5, 0.6) is 0 Å². The minimum Gasteiger partial charge on any atom is -0.434 e. The Hall–Kier alpha value is -1.88. The molecule has 0 radical (unpaired) electrons. The van der Waals surface area contributed by atoms with Gasteiger partial charge >= 0.3 is 0 Å². The van der Waals surface area contributed by atoms with E-state index in [4.69, 9.17) is 10.2 Å². The lowest BCUT2D eigenvalue weighted by Crippen LogP contribution is -1.85. The van der Waals surface area contributed by atoms with Crippen LogP contribution in [0.1, 0.15) is 0 Å². The topological polar surface area (TPSA) is 64.9 Å². The molecule has 0 amide bonds. The van der Waals surface area contributed by atoms with E-state index in [0.29, 0.717) is 22.8 Å².